The van der Waals surface area contributed by atoms with Crippen molar-refractivity contribution in [2.45, 2.75) is 71.9 Å². The molecule has 0 aromatic carbocycles. The van der Waals surface area contributed by atoms with Crippen LogP contribution in [0, 0.1) is 0 Å². The van der Waals surface area contributed by atoms with Gasteiger partial charge in [-0.3, -0.25) is 9.89 Å². The molecule has 4 heteroatoms. The van der Waals surface area contributed by atoms with Crippen LogP contribution in [0.1, 0.15) is 60.3 Å². The van der Waals surface area contributed by atoms with E-state index < -0.39 is 0 Å². The van der Waals surface area contributed by atoms with E-state index in [9.17, 15) is 0 Å². The lowest BCUT2D eigenvalue weighted by Crippen LogP contribution is -2.50. The Kier molecular flexibility index (Phi) is 7.35. The Balaban J connectivity index is 2.59. The van der Waals surface area contributed by atoms with Gasteiger partial charge in [0.05, 0.1) is 6.54 Å². The highest BCUT2D eigenvalue weighted by Crippen LogP contribution is 2.20. The fourth-order valence-electron chi connectivity index (χ4n) is 2.53. The lowest BCUT2D eigenvalue weighted by Gasteiger charge is -2.40. The number of piperidine rings is 1. The van der Waals surface area contributed by atoms with Gasteiger partial charge in [-0.15, -0.1) is 0 Å². The van der Waals surface area contributed by atoms with Gasteiger partial charge in [0.15, 0.2) is 5.96 Å². The van der Waals surface area contributed by atoms with Crippen molar-refractivity contribution in [3.8, 4) is 0 Å². The predicted octanol–water partition coefficient (Wildman–Crippen LogP) is 2.60. The van der Waals surface area contributed by atoms with Crippen LogP contribution >= 0.6 is 0 Å². The molecule has 2 N–H and O–H groups in total. The second-order valence-electron chi connectivity index (χ2n) is 6.51. The van der Waals surface area contributed by atoms with Crippen LogP contribution in [0.5, 0.6) is 0 Å². The van der Waals surface area contributed by atoms with Crippen LogP contribution in [0.3, 0.4) is 0 Å². The van der Waals surface area contributed by atoms with E-state index >= 15 is 0 Å². The van der Waals surface area contributed by atoms with Crippen molar-refractivity contribution in [1.82, 2.24) is 15.5 Å². The van der Waals surface area contributed by atoms with E-state index in [4.69, 9.17) is 4.99 Å². The summed E-state index contributed by atoms with van der Waals surface area (Å²) in [7, 11) is 0. The summed E-state index contributed by atoms with van der Waals surface area (Å²) in [6, 6.07) is 0.464. The second kappa shape index (κ2) is 8.50. The minimum atomic E-state index is 0.151. The van der Waals surface area contributed by atoms with Gasteiger partial charge >= 0.3 is 0 Å². The van der Waals surface area contributed by atoms with Gasteiger partial charge in [-0.1, -0.05) is 13.3 Å². The Labute approximate surface area is 125 Å². The fourth-order valence-corrected chi connectivity index (χ4v) is 2.53. The van der Waals surface area contributed by atoms with E-state index in [0.29, 0.717) is 6.04 Å². The molecule has 1 rings (SSSR count). The lowest BCUT2D eigenvalue weighted by atomic mass is 9.99. The Morgan fingerprint density at radius 3 is 2.40 bits per heavy atom. The van der Waals surface area contributed by atoms with Crippen LogP contribution in [0.2, 0.25) is 0 Å². The Morgan fingerprint density at radius 2 is 1.85 bits per heavy atom. The summed E-state index contributed by atoms with van der Waals surface area (Å²) in [6.07, 6.45) is 5.16. The summed E-state index contributed by atoms with van der Waals surface area (Å²) < 4.78 is 0. The SMILES string of the molecule is CCNC(=NCC(C)(C)N1CCCCC1)NC(C)CC. The summed E-state index contributed by atoms with van der Waals surface area (Å²) in [4.78, 5) is 7.39. The molecule has 1 heterocycles. The van der Waals surface area contributed by atoms with E-state index in [1.54, 1.807) is 0 Å². The van der Waals surface area contributed by atoms with Gasteiger partial charge in [0, 0.05) is 18.1 Å². The number of rotatable bonds is 6. The lowest BCUT2D eigenvalue weighted by molar-refractivity contribution is 0.102. The average Bonchev–Trinajstić information content (AvgIpc) is 2.46. The quantitative estimate of drug-likeness (QED) is 0.581. The summed E-state index contributed by atoms with van der Waals surface area (Å²) in [6.45, 7) is 15.3. The van der Waals surface area contributed by atoms with Crippen molar-refractivity contribution >= 4 is 5.96 Å². The number of nitrogens with zero attached hydrogens (tertiary/aromatic N) is 2. The molecule has 1 atom stereocenters. The summed E-state index contributed by atoms with van der Waals surface area (Å²) in [5.41, 5.74) is 0.151. The molecule has 0 bridgehead atoms. The third-order valence-electron chi connectivity index (χ3n) is 4.18. The first kappa shape index (κ1) is 17.3. The van der Waals surface area contributed by atoms with Crippen LogP contribution in [0.4, 0.5) is 0 Å². The fraction of sp³-hybridized carbons (Fsp3) is 0.938. The molecular weight excluding hydrogens is 248 g/mol. The van der Waals surface area contributed by atoms with E-state index in [1.165, 1.54) is 32.4 Å². The van der Waals surface area contributed by atoms with Gasteiger partial charge < -0.3 is 10.6 Å². The summed E-state index contributed by atoms with van der Waals surface area (Å²) in [5, 5.41) is 6.81. The molecule has 0 spiro atoms. The standard InChI is InChI=1S/C16H34N4/c1-6-14(3)19-15(17-7-2)18-13-16(4,5)20-11-9-8-10-12-20/h14H,6-13H2,1-5H3,(H2,17,18,19). The van der Waals surface area contributed by atoms with Gasteiger partial charge in [0.2, 0.25) is 0 Å². The van der Waals surface area contributed by atoms with Crippen LogP contribution in [0.15, 0.2) is 4.99 Å². The number of likely N-dealkylation sites (tertiary alicyclic amines) is 1. The topological polar surface area (TPSA) is 39.7 Å². The molecule has 20 heavy (non-hydrogen) atoms. The highest BCUT2D eigenvalue weighted by Gasteiger charge is 2.27. The molecule has 0 amide bonds. The minimum absolute atomic E-state index is 0.151. The first-order valence-electron chi connectivity index (χ1n) is 8.29. The van der Waals surface area contributed by atoms with Crippen LogP contribution < -0.4 is 10.6 Å². The maximum Gasteiger partial charge on any atom is 0.191 e. The van der Waals surface area contributed by atoms with Crippen LogP contribution in [-0.4, -0.2) is 48.6 Å². The van der Waals surface area contributed by atoms with Gasteiger partial charge in [0.25, 0.3) is 0 Å². The van der Waals surface area contributed by atoms with Gasteiger partial charge in [-0.2, -0.15) is 0 Å². The average molecular weight is 282 g/mol. The monoisotopic (exact) mass is 282 g/mol. The first-order valence-corrected chi connectivity index (χ1v) is 8.29. The van der Waals surface area contributed by atoms with E-state index in [2.05, 4.69) is 50.2 Å². The molecule has 0 aromatic rings. The molecule has 1 aliphatic heterocycles. The molecule has 0 aromatic heterocycles. The largest absolute Gasteiger partial charge is 0.357 e. The molecule has 1 saturated heterocycles. The Hall–Kier alpha value is -0.770. The third-order valence-corrected chi connectivity index (χ3v) is 4.18. The number of nitrogens with one attached hydrogen (secondary N) is 2. The van der Waals surface area contributed by atoms with Crippen molar-refractivity contribution in [2.24, 2.45) is 4.99 Å². The number of hydrogen-bond donors (Lipinski definition) is 2. The Morgan fingerprint density at radius 1 is 1.20 bits per heavy atom. The Bertz CT molecular complexity index is 293. The molecular formula is C16H34N4. The van der Waals surface area contributed by atoms with Gasteiger partial charge in [0.1, 0.15) is 0 Å². The van der Waals surface area contributed by atoms with E-state index in [-0.39, 0.29) is 5.54 Å². The van der Waals surface area contributed by atoms with Crippen LogP contribution in [-0.2, 0) is 0 Å². The first-order chi connectivity index (χ1) is 9.49. The summed E-state index contributed by atoms with van der Waals surface area (Å²) in [5.74, 6) is 0.951. The van der Waals surface area contributed by atoms with Crippen molar-refractivity contribution in [3.63, 3.8) is 0 Å². The smallest absolute Gasteiger partial charge is 0.191 e. The van der Waals surface area contributed by atoms with E-state index in [1.807, 2.05) is 0 Å². The van der Waals surface area contributed by atoms with Crippen LogP contribution in [0.25, 0.3) is 0 Å². The van der Waals surface area contributed by atoms with Gasteiger partial charge in [-0.05, 0) is 60.0 Å². The molecule has 0 aliphatic carbocycles. The molecule has 0 saturated carbocycles. The van der Waals surface area contributed by atoms with Crippen molar-refractivity contribution in [1.29, 1.82) is 0 Å². The number of hydrogen-bond acceptors (Lipinski definition) is 2. The molecule has 4 nitrogen and oxygen atoms in total. The zero-order valence-electron chi connectivity index (χ0n) is 14.1. The van der Waals surface area contributed by atoms with Crippen molar-refractivity contribution < 1.29 is 0 Å². The maximum atomic E-state index is 4.80. The highest BCUT2D eigenvalue weighted by molar-refractivity contribution is 5.80. The van der Waals surface area contributed by atoms with Gasteiger partial charge in [-0.25, -0.2) is 0 Å². The minimum Gasteiger partial charge on any atom is -0.357 e. The second-order valence-corrected chi connectivity index (χ2v) is 6.51. The van der Waals surface area contributed by atoms with Crippen molar-refractivity contribution in [2.75, 3.05) is 26.2 Å². The summed E-state index contributed by atoms with van der Waals surface area (Å²) >= 11 is 0. The zero-order chi connectivity index (χ0) is 15.0. The maximum absolute atomic E-state index is 4.80. The zero-order valence-corrected chi connectivity index (χ0v) is 14.1. The molecule has 118 valence electrons. The van der Waals surface area contributed by atoms with E-state index in [0.717, 1.165) is 25.5 Å². The molecule has 1 fully saturated rings. The molecule has 1 unspecified atom stereocenters. The predicted molar refractivity (Wildman–Crippen MR) is 88.4 cm³/mol. The number of guanidine groups is 1. The normalized spacial score (nSPS) is 19.8. The molecule has 0 radical (unpaired) electrons. The van der Waals surface area contributed by atoms with Crippen molar-refractivity contribution in [3.05, 3.63) is 0 Å². The molecule has 1 aliphatic rings. The third kappa shape index (κ3) is 5.70. The highest BCUT2D eigenvalue weighted by atomic mass is 15.2. The number of aliphatic imine (C=N–C) groups is 1.